The third kappa shape index (κ3) is 2.85. The highest BCUT2D eigenvalue weighted by Crippen LogP contribution is 2.24. The molecule has 1 heterocycles. The van der Waals surface area contributed by atoms with Crippen molar-refractivity contribution in [1.29, 1.82) is 0 Å². The van der Waals surface area contributed by atoms with E-state index in [1.807, 2.05) is 0 Å². The summed E-state index contributed by atoms with van der Waals surface area (Å²) in [6, 6.07) is 3.84. The summed E-state index contributed by atoms with van der Waals surface area (Å²) in [7, 11) is 0. The summed E-state index contributed by atoms with van der Waals surface area (Å²) in [4.78, 5) is 22.3. The Hall–Kier alpha value is -2.22. The molecule has 2 aromatic rings. The van der Waals surface area contributed by atoms with Crippen LogP contribution in [-0.4, -0.2) is 17.0 Å². The van der Waals surface area contributed by atoms with Crippen LogP contribution in [0.4, 0.5) is 14.5 Å². The zero-order valence-electron chi connectivity index (χ0n) is 9.62. The fourth-order valence-electron chi connectivity index (χ4n) is 1.38. The number of furan rings is 1. The molecular weight excluding hydrogens is 340 g/mol. The molecule has 2 rings (SSSR count). The standard InChI is InChI=1S/C12H6BrF2NO4/c13-5-3-7(15)8(4-6(5)14)16-11(17)9-1-2-10(20-9)12(18)19/h1-4H,(H,16,17)(H,18,19). The fraction of sp³-hybridized carbons (Fsp3) is 0. The van der Waals surface area contributed by atoms with Crippen molar-refractivity contribution >= 4 is 33.5 Å². The topological polar surface area (TPSA) is 79.5 Å². The minimum Gasteiger partial charge on any atom is -0.475 e. The van der Waals surface area contributed by atoms with Crippen LogP contribution in [0.15, 0.2) is 33.2 Å². The largest absolute Gasteiger partial charge is 0.475 e. The molecule has 0 atom stereocenters. The van der Waals surface area contributed by atoms with Crippen LogP contribution in [0, 0.1) is 11.6 Å². The number of carboxylic acids is 1. The van der Waals surface area contributed by atoms with Crippen molar-refractivity contribution in [2.24, 2.45) is 0 Å². The number of nitrogens with one attached hydrogen (secondary N) is 1. The molecule has 0 fully saturated rings. The number of carbonyl (C=O) groups excluding carboxylic acids is 1. The molecule has 0 spiro atoms. The van der Waals surface area contributed by atoms with Gasteiger partial charge in [-0.3, -0.25) is 4.79 Å². The number of hydrogen-bond donors (Lipinski definition) is 2. The molecule has 0 aliphatic carbocycles. The van der Waals surface area contributed by atoms with Crippen molar-refractivity contribution in [3.8, 4) is 0 Å². The summed E-state index contributed by atoms with van der Waals surface area (Å²) >= 11 is 2.80. The number of halogens is 3. The van der Waals surface area contributed by atoms with Gasteiger partial charge in [-0.2, -0.15) is 0 Å². The molecule has 0 saturated heterocycles. The lowest BCUT2D eigenvalue weighted by Gasteiger charge is -2.05. The lowest BCUT2D eigenvalue weighted by Crippen LogP contribution is -2.12. The molecule has 0 saturated carbocycles. The van der Waals surface area contributed by atoms with E-state index >= 15 is 0 Å². The van der Waals surface area contributed by atoms with Gasteiger partial charge in [0.1, 0.15) is 11.6 Å². The van der Waals surface area contributed by atoms with Crippen molar-refractivity contribution < 1.29 is 27.9 Å². The molecule has 0 radical (unpaired) electrons. The van der Waals surface area contributed by atoms with Gasteiger partial charge in [-0.25, -0.2) is 13.6 Å². The normalized spacial score (nSPS) is 10.3. The van der Waals surface area contributed by atoms with Gasteiger partial charge in [0.25, 0.3) is 5.91 Å². The predicted octanol–water partition coefficient (Wildman–Crippen LogP) is 3.27. The smallest absolute Gasteiger partial charge is 0.371 e. The SMILES string of the molecule is O=C(O)c1ccc(C(=O)Nc2cc(F)c(Br)cc2F)o1. The number of carbonyl (C=O) groups is 2. The second kappa shape index (κ2) is 5.41. The minimum absolute atomic E-state index is 0.0841. The Balaban J connectivity index is 2.23. The number of amides is 1. The Kier molecular flexibility index (Phi) is 3.84. The maximum absolute atomic E-state index is 13.5. The van der Waals surface area contributed by atoms with E-state index in [0.29, 0.717) is 0 Å². The van der Waals surface area contributed by atoms with Crippen LogP contribution in [0.3, 0.4) is 0 Å². The quantitative estimate of drug-likeness (QED) is 0.836. The second-order valence-electron chi connectivity index (χ2n) is 3.67. The van der Waals surface area contributed by atoms with Crippen molar-refractivity contribution in [2.45, 2.75) is 0 Å². The average Bonchev–Trinajstić information content (AvgIpc) is 2.85. The number of aromatic carboxylic acids is 1. The summed E-state index contributed by atoms with van der Waals surface area (Å²) in [6.45, 7) is 0. The Labute approximate surface area is 119 Å². The van der Waals surface area contributed by atoms with Crippen molar-refractivity contribution in [2.75, 3.05) is 5.32 Å². The zero-order valence-corrected chi connectivity index (χ0v) is 11.2. The van der Waals surface area contributed by atoms with Gasteiger partial charge in [0, 0.05) is 6.07 Å². The Bertz CT molecular complexity index is 699. The summed E-state index contributed by atoms with van der Waals surface area (Å²) in [5.41, 5.74) is -0.385. The first kappa shape index (κ1) is 14.2. The first-order chi connectivity index (χ1) is 9.38. The van der Waals surface area contributed by atoms with Crippen molar-refractivity contribution in [3.63, 3.8) is 0 Å². The molecule has 1 aromatic carbocycles. The van der Waals surface area contributed by atoms with Crippen molar-refractivity contribution in [3.05, 3.63) is 51.9 Å². The lowest BCUT2D eigenvalue weighted by molar-refractivity contribution is 0.0660. The number of carboxylic acid groups (broad SMARTS) is 1. The lowest BCUT2D eigenvalue weighted by atomic mass is 10.3. The molecule has 2 N–H and O–H groups in total. The van der Waals surface area contributed by atoms with E-state index in [4.69, 9.17) is 9.52 Å². The van der Waals surface area contributed by atoms with E-state index in [2.05, 4.69) is 21.2 Å². The molecule has 1 aromatic heterocycles. The monoisotopic (exact) mass is 345 g/mol. The fourth-order valence-corrected chi connectivity index (χ4v) is 1.69. The molecule has 0 bridgehead atoms. The highest BCUT2D eigenvalue weighted by molar-refractivity contribution is 9.10. The molecule has 0 aliphatic heterocycles. The summed E-state index contributed by atoms with van der Waals surface area (Å²) in [5, 5.41) is 10.7. The molecule has 0 aliphatic rings. The van der Waals surface area contributed by atoms with Gasteiger partial charge in [0.2, 0.25) is 5.76 Å². The van der Waals surface area contributed by atoms with E-state index in [-0.39, 0.29) is 15.9 Å². The van der Waals surface area contributed by atoms with Gasteiger partial charge in [-0.1, -0.05) is 0 Å². The number of anilines is 1. The van der Waals surface area contributed by atoms with E-state index < -0.39 is 29.3 Å². The average molecular weight is 346 g/mol. The van der Waals surface area contributed by atoms with Gasteiger partial charge >= 0.3 is 5.97 Å². The van der Waals surface area contributed by atoms with Crippen LogP contribution in [0.1, 0.15) is 21.1 Å². The second-order valence-corrected chi connectivity index (χ2v) is 4.52. The number of hydrogen-bond acceptors (Lipinski definition) is 3. The maximum atomic E-state index is 13.5. The molecule has 20 heavy (non-hydrogen) atoms. The number of rotatable bonds is 3. The Morgan fingerprint density at radius 1 is 1.15 bits per heavy atom. The Morgan fingerprint density at radius 2 is 1.80 bits per heavy atom. The molecule has 5 nitrogen and oxygen atoms in total. The number of benzene rings is 1. The molecule has 8 heteroatoms. The highest BCUT2D eigenvalue weighted by Gasteiger charge is 2.17. The van der Waals surface area contributed by atoms with Gasteiger partial charge in [-0.05, 0) is 34.1 Å². The highest BCUT2D eigenvalue weighted by atomic mass is 79.9. The van der Waals surface area contributed by atoms with Crippen LogP contribution in [0.25, 0.3) is 0 Å². The third-order valence-electron chi connectivity index (χ3n) is 2.30. The van der Waals surface area contributed by atoms with Gasteiger partial charge < -0.3 is 14.8 Å². The van der Waals surface area contributed by atoms with E-state index in [1.165, 1.54) is 0 Å². The van der Waals surface area contributed by atoms with Crippen LogP contribution in [0.5, 0.6) is 0 Å². The first-order valence-corrected chi connectivity index (χ1v) is 5.97. The summed E-state index contributed by atoms with van der Waals surface area (Å²) < 4.78 is 31.4. The zero-order chi connectivity index (χ0) is 14.9. The summed E-state index contributed by atoms with van der Waals surface area (Å²) in [6.07, 6.45) is 0. The van der Waals surface area contributed by atoms with Crippen LogP contribution >= 0.6 is 15.9 Å². The van der Waals surface area contributed by atoms with E-state index in [1.54, 1.807) is 0 Å². The predicted molar refractivity (Wildman–Crippen MR) is 67.7 cm³/mol. The van der Waals surface area contributed by atoms with Crippen molar-refractivity contribution in [1.82, 2.24) is 0 Å². The maximum Gasteiger partial charge on any atom is 0.371 e. The van der Waals surface area contributed by atoms with Crippen LogP contribution in [0.2, 0.25) is 0 Å². The van der Waals surface area contributed by atoms with Crippen LogP contribution < -0.4 is 5.32 Å². The first-order valence-electron chi connectivity index (χ1n) is 5.17. The van der Waals surface area contributed by atoms with Gasteiger partial charge in [0.05, 0.1) is 10.2 Å². The van der Waals surface area contributed by atoms with Crippen LogP contribution in [-0.2, 0) is 0 Å². The molecule has 0 unspecified atom stereocenters. The van der Waals surface area contributed by atoms with E-state index in [0.717, 1.165) is 24.3 Å². The molecule has 104 valence electrons. The summed E-state index contributed by atoms with van der Waals surface area (Å²) in [5.74, 6) is -4.60. The van der Waals surface area contributed by atoms with Gasteiger partial charge in [-0.15, -0.1) is 0 Å². The van der Waals surface area contributed by atoms with E-state index in [9.17, 15) is 18.4 Å². The molecular formula is C12H6BrF2NO4. The Morgan fingerprint density at radius 3 is 2.40 bits per heavy atom. The minimum atomic E-state index is -1.34. The van der Waals surface area contributed by atoms with Gasteiger partial charge in [0.15, 0.2) is 5.76 Å². The third-order valence-corrected chi connectivity index (χ3v) is 2.91. The molecule has 1 amide bonds.